The Bertz CT molecular complexity index is 828. The van der Waals surface area contributed by atoms with E-state index in [9.17, 15) is 15.0 Å². The first-order chi connectivity index (χ1) is 11.1. The van der Waals surface area contributed by atoms with Crippen molar-refractivity contribution in [2.75, 3.05) is 6.61 Å². The van der Waals surface area contributed by atoms with Crippen molar-refractivity contribution in [3.05, 3.63) is 60.4 Å². The van der Waals surface area contributed by atoms with E-state index in [0.717, 1.165) is 11.0 Å². The number of aromatic nitrogens is 2. The lowest BCUT2D eigenvalue weighted by Gasteiger charge is -2.14. The summed E-state index contributed by atoms with van der Waals surface area (Å²) in [6.07, 6.45) is 0.921. The van der Waals surface area contributed by atoms with Gasteiger partial charge < -0.3 is 24.3 Å². The van der Waals surface area contributed by atoms with Gasteiger partial charge >= 0.3 is 0 Å². The summed E-state index contributed by atoms with van der Waals surface area (Å²) < 4.78 is 7.29. The third-order valence-corrected chi connectivity index (χ3v) is 3.45. The van der Waals surface area contributed by atoms with Crippen LogP contribution in [0.15, 0.2) is 54.9 Å². The van der Waals surface area contributed by atoms with Crippen molar-refractivity contribution in [2.24, 2.45) is 0 Å². The summed E-state index contributed by atoms with van der Waals surface area (Å²) in [5.74, 6) is -0.887. The number of nitrogens with zero attached hydrogens (tertiary/aromatic N) is 2. The molecule has 0 amide bonds. The fraction of sp³-hybridized carbons (Fsp3) is 0.176. The summed E-state index contributed by atoms with van der Waals surface area (Å²) in [4.78, 5) is 15.1. The van der Waals surface area contributed by atoms with Crippen LogP contribution in [0.5, 0.6) is 5.75 Å². The number of fused-ring (bicyclic) bond motifs is 1. The Hall–Kier alpha value is -2.86. The zero-order valence-corrected chi connectivity index (χ0v) is 12.3. The molecule has 118 valence electrons. The van der Waals surface area contributed by atoms with Crippen LogP contribution in [0.25, 0.3) is 11.0 Å². The molecular formula is C17H15N2O4-. The highest BCUT2D eigenvalue weighted by Gasteiger charge is 2.09. The van der Waals surface area contributed by atoms with Crippen LogP contribution in [0.2, 0.25) is 0 Å². The molecule has 23 heavy (non-hydrogen) atoms. The molecule has 0 aliphatic rings. The van der Waals surface area contributed by atoms with Crippen molar-refractivity contribution in [3.63, 3.8) is 0 Å². The molecule has 3 rings (SSSR count). The van der Waals surface area contributed by atoms with Gasteiger partial charge in [-0.1, -0.05) is 24.3 Å². The van der Waals surface area contributed by atoms with Gasteiger partial charge in [-0.25, -0.2) is 4.98 Å². The summed E-state index contributed by atoms with van der Waals surface area (Å²) in [6, 6.07) is 13.6. The standard InChI is InChI=1S/C17H16N2O4/c20-13(9-19-11-18-15-6-1-2-7-16(15)19)10-23-14-5-3-4-12(8-14)17(21)22/h1-8,11,13,20H,9-10H2,(H,21,22)/p-1/t13-/m1/s1. The number of ether oxygens (including phenoxy) is 1. The zero-order valence-electron chi connectivity index (χ0n) is 12.3. The van der Waals surface area contributed by atoms with E-state index in [1.807, 2.05) is 28.8 Å². The number of carbonyl (C=O) groups is 1. The van der Waals surface area contributed by atoms with Gasteiger partial charge in [0.25, 0.3) is 0 Å². The van der Waals surface area contributed by atoms with Gasteiger partial charge in [0.2, 0.25) is 0 Å². The number of hydrogen-bond donors (Lipinski definition) is 1. The van der Waals surface area contributed by atoms with Gasteiger partial charge in [-0.05, 0) is 24.3 Å². The molecule has 1 heterocycles. The van der Waals surface area contributed by atoms with Crippen LogP contribution < -0.4 is 9.84 Å². The molecule has 0 aliphatic carbocycles. The van der Waals surface area contributed by atoms with Gasteiger partial charge in [-0.2, -0.15) is 0 Å². The van der Waals surface area contributed by atoms with Gasteiger partial charge in [0, 0.05) is 5.56 Å². The Morgan fingerprint density at radius 1 is 1.26 bits per heavy atom. The number of rotatable bonds is 6. The predicted molar refractivity (Wildman–Crippen MR) is 82.0 cm³/mol. The van der Waals surface area contributed by atoms with Crippen LogP contribution in [0, 0.1) is 0 Å². The second-order valence-electron chi connectivity index (χ2n) is 5.17. The van der Waals surface area contributed by atoms with Gasteiger partial charge in [0.15, 0.2) is 0 Å². The van der Waals surface area contributed by atoms with E-state index in [1.165, 1.54) is 12.1 Å². The van der Waals surface area contributed by atoms with Crippen LogP contribution >= 0.6 is 0 Å². The van der Waals surface area contributed by atoms with Crippen LogP contribution in [0.1, 0.15) is 10.4 Å². The number of aliphatic hydroxyl groups excluding tert-OH is 1. The predicted octanol–water partition coefficient (Wildman–Crippen LogP) is 0.840. The number of benzene rings is 2. The van der Waals surface area contributed by atoms with E-state index in [1.54, 1.807) is 18.5 Å². The molecule has 0 saturated heterocycles. The van der Waals surface area contributed by atoms with Crippen molar-refractivity contribution in [1.82, 2.24) is 9.55 Å². The fourth-order valence-electron chi connectivity index (χ4n) is 2.34. The first-order valence-electron chi connectivity index (χ1n) is 7.15. The zero-order chi connectivity index (χ0) is 16.2. The largest absolute Gasteiger partial charge is 0.545 e. The van der Waals surface area contributed by atoms with E-state index in [2.05, 4.69) is 4.98 Å². The summed E-state index contributed by atoms with van der Waals surface area (Å²) in [5.41, 5.74) is 1.84. The van der Waals surface area contributed by atoms with Gasteiger partial charge in [-0.3, -0.25) is 0 Å². The monoisotopic (exact) mass is 311 g/mol. The molecule has 0 bridgehead atoms. The molecule has 0 aliphatic heterocycles. The first-order valence-corrected chi connectivity index (χ1v) is 7.15. The number of imidazole rings is 1. The SMILES string of the molecule is O=C([O-])c1cccc(OC[C@H](O)Cn2cnc3ccccc32)c1. The maximum Gasteiger partial charge on any atom is 0.120 e. The highest BCUT2D eigenvalue weighted by Crippen LogP contribution is 2.15. The molecular weight excluding hydrogens is 296 g/mol. The normalized spacial score (nSPS) is 12.2. The number of hydrogen-bond acceptors (Lipinski definition) is 5. The van der Waals surface area contributed by atoms with E-state index in [0.29, 0.717) is 12.3 Å². The Morgan fingerprint density at radius 3 is 2.91 bits per heavy atom. The average molecular weight is 311 g/mol. The molecule has 1 aromatic heterocycles. The smallest absolute Gasteiger partial charge is 0.120 e. The molecule has 0 saturated carbocycles. The topological polar surface area (TPSA) is 87.4 Å². The lowest BCUT2D eigenvalue weighted by molar-refractivity contribution is -0.255. The van der Waals surface area contributed by atoms with Gasteiger partial charge in [-0.15, -0.1) is 0 Å². The molecule has 1 atom stereocenters. The van der Waals surface area contributed by atoms with Crippen molar-refractivity contribution in [3.8, 4) is 5.75 Å². The van der Waals surface area contributed by atoms with Crippen LogP contribution in [0.4, 0.5) is 0 Å². The van der Waals surface area contributed by atoms with Crippen LogP contribution in [-0.4, -0.2) is 33.3 Å². The Balaban J connectivity index is 1.62. The number of carboxylic acids is 1. The molecule has 0 radical (unpaired) electrons. The van der Waals surface area contributed by atoms with Gasteiger partial charge in [0.05, 0.1) is 29.9 Å². The Labute approximate surface area is 132 Å². The fourth-order valence-corrected chi connectivity index (χ4v) is 2.34. The lowest BCUT2D eigenvalue weighted by atomic mass is 10.2. The number of aliphatic hydroxyl groups is 1. The van der Waals surface area contributed by atoms with Crippen molar-refractivity contribution in [1.29, 1.82) is 0 Å². The third kappa shape index (κ3) is 3.49. The highest BCUT2D eigenvalue weighted by molar-refractivity contribution is 5.86. The van der Waals surface area contributed by atoms with Crippen molar-refractivity contribution >= 4 is 17.0 Å². The molecule has 6 heteroatoms. The molecule has 6 nitrogen and oxygen atoms in total. The Kier molecular flexibility index (Phi) is 4.25. The van der Waals surface area contributed by atoms with Crippen molar-refractivity contribution in [2.45, 2.75) is 12.6 Å². The maximum atomic E-state index is 10.8. The average Bonchev–Trinajstić information content (AvgIpc) is 2.96. The Morgan fingerprint density at radius 2 is 2.09 bits per heavy atom. The number of carbonyl (C=O) groups excluding carboxylic acids is 1. The third-order valence-electron chi connectivity index (χ3n) is 3.45. The summed E-state index contributed by atoms with van der Waals surface area (Å²) in [6.45, 7) is 0.379. The minimum Gasteiger partial charge on any atom is -0.545 e. The van der Waals surface area contributed by atoms with Crippen molar-refractivity contribution < 1.29 is 19.7 Å². The first kappa shape index (κ1) is 15.1. The molecule has 3 aromatic rings. The summed E-state index contributed by atoms with van der Waals surface area (Å²) in [7, 11) is 0. The lowest BCUT2D eigenvalue weighted by Crippen LogP contribution is -2.24. The van der Waals surface area contributed by atoms with Gasteiger partial charge in [0.1, 0.15) is 18.5 Å². The molecule has 0 fully saturated rings. The summed E-state index contributed by atoms with van der Waals surface area (Å²) in [5, 5.41) is 20.9. The molecule has 0 unspecified atom stereocenters. The van der Waals surface area contributed by atoms with Crippen LogP contribution in [-0.2, 0) is 6.54 Å². The quantitative estimate of drug-likeness (QED) is 0.729. The number of aromatic carboxylic acids is 1. The van der Waals surface area contributed by atoms with E-state index >= 15 is 0 Å². The summed E-state index contributed by atoms with van der Waals surface area (Å²) >= 11 is 0. The van der Waals surface area contributed by atoms with E-state index < -0.39 is 12.1 Å². The highest BCUT2D eigenvalue weighted by atomic mass is 16.5. The molecule has 1 N–H and O–H groups in total. The number of para-hydroxylation sites is 2. The maximum absolute atomic E-state index is 10.8. The molecule has 0 spiro atoms. The number of carboxylic acid groups (broad SMARTS) is 1. The minimum absolute atomic E-state index is 0.0394. The molecule has 2 aromatic carbocycles. The second-order valence-corrected chi connectivity index (χ2v) is 5.17. The van der Waals surface area contributed by atoms with E-state index in [4.69, 9.17) is 4.74 Å². The minimum atomic E-state index is -1.26. The van der Waals surface area contributed by atoms with E-state index in [-0.39, 0.29) is 12.2 Å². The second kappa shape index (κ2) is 6.50. The van der Waals surface area contributed by atoms with Crippen LogP contribution in [0.3, 0.4) is 0 Å².